The van der Waals surface area contributed by atoms with E-state index in [2.05, 4.69) is 21.2 Å². The van der Waals surface area contributed by atoms with Crippen LogP contribution in [0.3, 0.4) is 0 Å². The van der Waals surface area contributed by atoms with Gasteiger partial charge < -0.3 is 20.5 Å². The largest absolute Gasteiger partial charge is 0.486 e. The molecule has 1 atom stereocenters. The van der Waals surface area contributed by atoms with Crippen LogP contribution >= 0.6 is 15.9 Å². The van der Waals surface area contributed by atoms with Crippen LogP contribution in [-0.4, -0.2) is 26.8 Å². The summed E-state index contributed by atoms with van der Waals surface area (Å²) in [6, 6.07) is 4.13. The van der Waals surface area contributed by atoms with Crippen LogP contribution in [0.15, 0.2) is 16.6 Å². The Morgan fingerprint density at radius 3 is 2.88 bits per heavy atom. The summed E-state index contributed by atoms with van der Waals surface area (Å²) < 4.78 is 12.0. The summed E-state index contributed by atoms with van der Waals surface area (Å²) >= 11 is 3.49. The van der Waals surface area contributed by atoms with Gasteiger partial charge in [0.1, 0.15) is 13.2 Å². The van der Waals surface area contributed by atoms with Crippen LogP contribution in [0.1, 0.15) is 11.6 Å². The fourth-order valence-corrected chi connectivity index (χ4v) is 2.33. The maximum absolute atomic E-state index is 5.69. The minimum absolute atomic E-state index is 0.132. The van der Waals surface area contributed by atoms with Crippen LogP contribution in [0.25, 0.3) is 0 Å². The first kappa shape index (κ1) is 11.7. The molecular formula is C11H15BrN2O2. The predicted molar refractivity (Wildman–Crippen MR) is 66.0 cm³/mol. The molecule has 88 valence electrons. The van der Waals surface area contributed by atoms with Gasteiger partial charge in [-0.05, 0) is 40.7 Å². The zero-order chi connectivity index (χ0) is 11.5. The highest BCUT2D eigenvalue weighted by Gasteiger charge is 2.18. The molecule has 2 rings (SSSR count). The lowest BCUT2D eigenvalue weighted by Crippen LogP contribution is -2.25. The molecular weight excluding hydrogens is 272 g/mol. The van der Waals surface area contributed by atoms with Gasteiger partial charge in [-0.15, -0.1) is 0 Å². The minimum atomic E-state index is 0.132. The van der Waals surface area contributed by atoms with E-state index in [1.807, 2.05) is 19.2 Å². The van der Waals surface area contributed by atoms with Gasteiger partial charge in [0, 0.05) is 12.6 Å². The van der Waals surface area contributed by atoms with Crippen molar-refractivity contribution in [3.8, 4) is 11.5 Å². The monoisotopic (exact) mass is 286 g/mol. The van der Waals surface area contributed by atoms with E-state index in [0.717, 1.165) is 21.5 Å². The van der Waals surface area contributed by atoms with Crippen molar-refractivity contribution in [2.75, 3.05) is 26.8 Å². The van der Waals surface area contributed by atoms with E-state index in [1.54, 1.807) is 0 Å². The average Bonchev–Trinajstić information content (AvgIpc) is 2.31. The number of likely N-dealkylation sites (N-methyl/N-ethyl adjacent to an activating group) is 1. The molecule has 0 aliphatic carbocycles. The van der Waals surface area contributed by atoms with E-state index in [0.29, 0.717) is 19.8 Å². The van der Waals surface area contributed by atoms with E-state index >= 15 is 0 Å². The Morgan fingerprint density at radius 2 is 2.19 bits per heavy atom. The molecule has 16 heavy (non-hydrogen) atoms. The van der Waals surface area contributed by atoms with Crippen molar-refractivity contribution in [3.63, 3.8) is 0 Å². The van der Waals surface area contributed by atoms with Crippen molar-refractivity contribution in [1.29, 1.82) is 0 Å². The molecule has 1 unspecified atom stereocenters. The third-order valence-corrected chi connectivity index (χ3v) is 3.19. The highest BCUT2D eigenvalue weighted by Crippen LogP contribution is 2.39. The van der Waals surface area contributed by atoms with E-state index in [4.69, 9.17) is 15.2 Å². The van der Waals surface area contributed by atoms with Gasteiger partial charge in [0.15, 0.2) is 11.5 Å². The van der Waals surface area contributed by atoms with E-state index in [1.165, 1.54) is 0 Å². The molecule has 1 aliphatic heterocycles. The molecule has 1 aromatic carbocycles. The van der Waals surface area contributed by atoms with Crippen molar-refractivity contribution in [1.82, 2.24) is 5.32 Å². The summed E-state index contributed by atoms with van der Waals surface area (Å²) in [5.74, 6) is 1.56. The molecule has 1 aromatic rings. The standard InChI is InChI=1S/C11H15BrN2O2/c1-14-9(6-13)7-4-8(12)11-10(5-7)15-2-3-16-11/h4-5,9,14H,2-3,6,13H2,1H3. The molecule has 0 saturated heterocycles. The zero-order valence-corrected chi connectivity index (χ0v) is 10.7. The number of ether oxygens (including phenoxy) is 2. The van der Waals surface area contributed by atoms with Gasteiger partial charge in [0.05, 0.1) is 4.47 Å². The third-order valence-electron chi connectivity index (χ3n) is 2.61. The van der Waals surface area contributed by atoms with Crippen molar-refractivity contribution in [2.24, 2.45) is 5.73 Å². The summed E-state index contributed by atoms with van der Waals surface area (Å²) in [4.78, 5) is 0. The second-order valence-electron chi connectivity index (χ2n) is 3.60. The molecule has 0 radical (unpaired) electrons. The highest BCUT2D eigenvalue weighted by atomic mass is 79.9. The number of hydrogen-bond donors (Lipinski definition) is 2. The number of hydrogen-bond acceptors (Lipinski definition) is 4. The fourth-order valence-electron chi connectivity index (χ4n) is 1.75. The first-order chi connectivity index (χ1) is 7.76. The van der Waals surface area contributed by atoms with Crippen LogP contribution in [0.4, 0.5) is 0 Å². The van der Waals surface area contributed by atoms with Crippen molar-refractivity contribution >= 4 is 15.9 Å². The molecule has 4 nitrogen and oxygen atoms in total. The lowest BCUT2D eigenvalue weighted by atomic mass is 10.1. The molecule has 0 amide bonds. The van der Waals surface area contributed by atoms with Crippen LogP contribution in [0.5, 0.6) is 11.5 Å². The molecule has 3 N–H and O–H groups in total. The summed E-state index contributed by atoms with van der Waals surface area (Å²) in [5.41, 5.74) is 6.79. The Morgan fingerprint density at radius 1 is 1.44 bits per heavy atom. The molecule has 0 aromatic heterocycles. The number of nitrogens with two attached hydrogens (primary N) is 1. The molecule has 1 aliphatic rings. The van der Waals surface area contributed by atoms with E-state index in [9.17, 15) is 0 Å². The topological polar surface area (TPSA) is 56.5 Å². The van der Waals surface area contributed by atoms with Crippen LogP contribution in [0, 0.1) is 0 Å². The number of halogens is 1. The third kappa shape index (κ3) is 2.16. The molecule has 0 saturated carbocycles. The van der Waals surface area contributed by atoms with Gasteiger partial charge in [0.2, 0.25) is 0 Å². The van der Waals surface area contributed by atoms with Gasteiger partial charge in [-0.2, -0.15) is 0 Å². The number of rotatable bonds is 3. The minimum Gasteiger partial charge on any atom is -0.486 e. The van der Waals surface area contributed by atoms with E-state index < -0.39 is 0 Å². The van der Waals surface area contributed by atoms with Crippen LogP contribution in [0.2, 0.25) is 0 Å². The zero-order valence-electron chi connectivity index (χ0n) is 9.13. The maximum atomic E-state index is 5.69. The normalized spacial score (nSPS) is 15.9. The van der Waals surface area contributed by atoms with Crippen LogP contribution in [-0.2, 0) is 0 Å². The molecule has 0 spiro atoms. The predicted octanol–water partition coefficient (Wildman–Crippen LogP) is 1.44. The number of fused-ring (bicyclic) bond motifs is 1. The molecule has 0 fully saturated rings. The maximum Gasteiger partial charge on any atom is 0.175 e. The van der Waals surface area contributed by atoms with Gasteiger partial charge >= 0.3 is 0 Å². The van der Waals surface area contributed by atoms with Crippen LogP contribution < -0.4 is 20.5 Å². The second-order valence-corrected chi connectivity index (χ2v) is 4.46. The van der Waals surface area contributed by atoms with Gasteiger partial charge in [0.25, 0.3) is 0 Å². The Bertz CT molecular complexity index is 380. The Hall–Kier alpha value is -0.780. The second kappa shape index (κ2) is 5.03. The number of nitrogens with one attached hydrogen (secondary N) is 1. The number of benzene rings is 1. The van der Waals surface area contributed by atoms with Gasteiger partial charge in [-0.25, -0.2) is 0 Å². The Labute approximate surface area is 103 Å². The SMILES string of the molecule is CNC(CN)c1cc(Br)c2c(c1)OCCO2. The lowest BCUT2D eigenvalue weighted by Gasteiger charge is -2.22. The summed E-state index contributed by atoms with van der Waals surface area (Å²) in [5, 5.41) is 3.16. The van der Waals surface area contributed by atoms with Gasteiger partial charge in [-0.3, -0.25) is 0 Å². The quantitative estimate of drug-likeness (QED) is 0.883. The summed E-state index contributed by atoms with van der Waals surface area (Å²) in [7, 11) is 1.89. The van der Waals surface area contributed by atoms with E-state index in [-0.39, 0.29) is 6.04 Å². The smallest absolute Gasteiger partial charge is 0.175 e. The Balaban J connectivity index is 2.38. The average molecular weight is 287 g/mol. The summed E-state index contributed by atoms with van der Waals surface area (Å²) in [6.45, 7) is 1.73. The van der Waals surface area contributed by atoms with Gasteiger partial charge in [-0.1, -0.05) is 0 Å². The first-order valence-corrected chi connectivity index (χ1v) is 6.02. The first-order valence-electron chi connectivity index (χ1n) is 5.22. The van der Waals surface area contributed by atoms with Crippen molar-refractivity contribution < 1.29 is 9.47 Å². The highest BCUT2D eigenvalue weighted by molar-refractivity contribution is 9.10. The lowest BCUT2D eigenvalue weighted by molar-refractivity contribution is 0.170. The Kier molecular flexibility index (Phi) is 3.68. The summed E-state index contributed by atoms with van der Waals surface area (Å²) in [6.07, 6.45) is 0. The molecule has 0 bridgehead atoms. The van der Waals surface area contributed by atoms with Crippen molar-refractivity contribution in [3.05, 3.63) is 22.2 Å². The molecule has 1 heterocycles. The van der Waals surface area contributed by atoms with Crippen molar-refractivity contribution in [2.45, 2.75) is 6.04 Å². The molecule has 5 heteroatoms. The fraction of sp³-hybridized carbons (Fsp3) is 0.455.